The molecule has 8 nitrogen and oxygen atoms in total. The van der Waals surface area contributed by atoms with Crippen LogP contribution in [0.4, 0.5) is 4.39 Å². The van der Waals surface area contributed by atoms with E-state index in [0.29, 0.717) is 12.1 Å². The van der Waals surface area contributed by atoms with Crippen LogP contribution in [0.1, 0.15) is 42.1 Å². The number of piperidine rings is 1. The molecule has 1 fully saturated rings. The first-order valence-corrected chi connectivity index (χ1v) is 12.6. The Hall–Kier alpha value is -2.98. The Labute approximate surface area is 199 Å². The fourth-order valence-electron chi connectivity index (χ4n) is 4.07. The molecule has 3 rings (SSSR count). The summed E-state index contributed by atoms with van der Waals surface area (Å²) >= 11 is 0. The van der Waals surface area contributed by atoms with Gasteiger partial charge in [0.1, 0.15) is 16.5 Å². The molecule has 1 saturated heterocycles. The molecule has 0 bridgehead atoms. The lowest BCUT2D eigenvalue weighted by atomic mass is 9.98. The average molecular weight is 492 g/mol. The summed E-state index contributed by atoms with van der Waals surface area (Å²) < 4.78 is 46.6. The highest BCUT2D eigenvalue weighted by atomic mass is 32.2. The number of ether oxygens (including phenoxy) is 1. The van der Waals surface area contributed by atoms with E-state index in [1.807, 2.05) is 6.92 Å². The number of nitrogens with one attached hydrogen (secondary N) is 1. The number of hydrogen-bond donors (Lipinski definition) is 2. The first-order valence-electron chi connectivity index (χ1n) is 11.2. The predicted octanol–water partition coefficient (Wildman–Crippen LogP) is 2.47. The third-order valence-electron chi connectivity index (χ3n) is 6.06. The molecule has 184 valence electrons. The maximum atomic E-state index is 13.4. The molecule has 2 atom stereocenters. The van der Waals surface area contributed by atoms with Crippen LogP contribution in [-0.2, 0) is 21.2 Å². The van der Waals surface area contributed by atoms with Crippen LogP contribution in [0.3, 0.4) is 0 Å². The summed E-state index contributed by atoms with van der Waals surface area (Å²) in [6.07, 6.45) is 2.73. The molecule has 0 aromatic heterocycles. The first kappa shape index (κ1) is 25.6. The molecule has 0 radical (unpaired) electrons. The smallest absolute Gasteiger partial charge is 0.251 e. The molecule has 1 aliphatic rings. The Morgan fingerprint density at radius 3 is 2.53 bits per heavy atom. The molecule has 0 saturated carbocycles. The molecule has 3 N–H and O–H groups in total. The van der Waals surface area contributed by atoms with Gasteiger partial charge in [-0.25, -0.2) is 12.8 Å². The molecule has 2 unspecified atom stereocenters. The lowest BCUT2D eigenvalue weighted by molar-refractivity contribution is -0.121. The Morgan fingerprint density at radius 2 is 1.91 bits per heavy atom. The zero-order chi connectivity index (χ0) is 24.9. The van der Waals surface area contributed by atoms with Gasteiger partial charge in [-0.1, -0.05) is 18.6 Å². The van der Waals surface area contributed by atoms with Crippen molar-refractivity contribution >= 4 is 21.8 Å². The number of amides is 2. The van der Waals surface area contributed by atoms with E-state index in [2.05, 4.69) is 5.32 Å². The first-order chi connectivity index (χ1) is 16.1. The van der Waals surface area contributed by atoms with Crippen molar-refractivity contribution in [2.45, 2.75) is 43.5 Å². The SMILES string of the molecule is COc1ccc(C(=O)NCC(Cc2ccc(F)cc2)C(N)=O)cc1S(=O)(=O)N1CCCCC1C. The number of benzene rings is 2. The van der Waals surface area contributed by atoms with Crippen LogP contribution in [0.15, 0.2) is 47.4 Å². The highest BCUT2D eigenvalue weighted by Gasteiger charge is 2.33. The summed E-state index contributed by atoms with van der Waals surface area (Å²) in [7, 11) is -2.50. The lowest BCUT2D eigenvalue weighted by Crippen LogP contribution is -2.42. The third-order valence-corrected chi connectivity index (χ3v) is 8.10. The van der Waals surface area contributed by atoms with Crippen LogP contribution in [0.5, 0.6) is 5.75 Å². The standard InChI is InChI=1S/C24H30FN3O5S/c1-16-5-3-4-12-28(16)34(31,32)22-14-18(8-11-21(22)33-2)24(30)27-15-19(23(26)29)13-17-6-9-20(25)10-7-17/h6-11,14,16,19H,3-5,12-13,15H2,1-2H3,(H2,26,29)(H,27,30). The minimum Gasteiger partial charge on any atom is -0.495 e. The van der Waals surface area contributed by atoms with Gasteiger partial charge in [-0.3, -0.25) is 9.59 Å². The van der Waals surface area contributed by atoms with Crippen molar-refractivity contribution in [2.24, 2.45) is 11.7 Å². The van der Waals surface area contributed by atoms with Crippen LogP contribution in [0, 0.1) is 11.7 Å². The number of nitrogens with zero attached hydrogens (tertiary/aromatic N) is 1. The van der Waals surface area contributed by atoms with Crippen molar-refractivity contribution in [3.63, 3.8) is 0 Å². The van der Waals surface area contributed by atoms with Crippen LogP contribution >= 0.6 is 0 Å². The minimum atomic E-state index is -3.88. The highest BCUT2D eigenvalue weighted by Crippen LogP contribution is 2.31. The quantitative estimate of drug-likeness (QED) is 0.559. The molecule has 34 heavy (non-hydrogen) atoms. The number of primary amides is 1. The number of rotatable bonds is 9. The van der Waals surface area contributed by atoms with Crippen LogP contribution in [0.2, 0.25) is 0 Å². The molecule has 0 aliphatic carbocycles. The van der Waals surface area contributed by atoms with Crippen molar-refractivity contribution in [2.75, 3.05) is 20.2 Å². The maximum Gasteiger partial charge on any atom is 0.251 e. The zero-order valence-corrected chi connectivity index (χ0v) is 20.1. The summed E-state index contributed by atoms with van der Waals surface area (Å²) in [5.74, 6) is -2.11. The van der Waals surface area contributed by atoms with Gasteiger partial charge in [-0.05, 0) is 62.1 Å². The summed E-state index contributed by atoms with van der Waals surface area (Å²) in [4.78, 5) is 24.6. The number of carbonyl (C=O) groups is 2. The maximum absolute atomic E-state index is 13.4. The Kier molecular flexibility index (Phi) is 8.27. The van der Waals surface area contributed by atoms with Gasteiger partial charge in [-0.2, -0.15) is 4.31 Å². The molecule has 2 amide bonds. The van der Waals surface area contributed by atoms with E-state index in [9.17, 15) is 22.4 Å². The van der Waals surface area contributed by atoms with E-state index >= 15 is 0 Å². The second-order valence-corrected chi connectivity index (χ2v) is 10.3. The van der Waals surface area contributed by atoms with Gasteiger partial charge < -0.3 is 15.8 Å². The van der Waals surface area contributed by atoms with Crippen molar-refractivity contribution in [1.29, 1.82) is 0 Å². The van der Waals surface area contributed by atoms with Crippen LogP contribution in [-0.4, -0.2) is 50.8 Å². The van der Waals surface area contributed by atoms with Gasteiger partial charge in [0.2, 0.25) is 15.9 Å². The van der Waals surface area contributed by atoms with Crippen molar-refractivity contribution < 1.29 is 27.1 Å². The summed E-state index contributed by atoms with van der Waals surface area (Å²) in [6, 6.07) is 9.73. The topological polar surface area (TPSA) is 119 Å². The molecule has 2 aromatic rings. The van der Waals surface area contributed by atoms with Gasteiger partial charge in [0, 0.05) is 24.7 Å². The fourth-order valence-corrected chi connectivity index (χ4v) is 5.95. The number of halogens is 1. The summed E-state index contributed by atoms with van der Waals surface area (Å²) in [5.41, 5.74) is 6.31. The molecule has 2 aromatic carbocycles. The number of carbonyl (C=O) groups excluding carboxylic acids is 2. The largest absolute Gasteiger partial charge is 0.495 e. The molecule has 10 heteroatoms. The third kappa shape index (κ3) is 5.92. The Morgan fingerprint density at radius 1 is 1.21 bits per heavy atom. The van der Waals surface area contributed by atoms with Gasteiger partial charge in [0.25, 0.3) is 5.91 Å². The van der Waals surface area contributed by atoms with Crippen molar-refractivity contribution in [3.05, 3.63) is 59.4 Å². The van der Waals surface area contributed by atoms with Crippen molar-refractivity contribution in [3.8, 4) is 5.75 Å². The van der Waals surface area contributed by atoms with Gasteiger partial charge in [0.05, 0.1) is 13.0 Å². The van der Waals surface area contributed by atoms with E-state index in [1.54, 1.807) is 12.1 Å². The van der Waals surface area contributed by atoms with E-state index in [1.165, 1.54) is 41.7 Å². The van der Waals surface area contributed by atoms with E-state index in [-0.39, 0.29) is 35.2 Å². The fraction of sp³-hybridized carbons (Fsp3) is 0.417. The molecule has 0 spiro atoms. The second-order valence-electron chi connectivity index (χ2n) is 8.47. The second kappa shape index (κ2) is 11.0. The highest BCUT2D eigenvalue weighted by molar-refractivity contribution is 7.89. The molecular weight excluding hydrogens is 461 g/mol. The molecule has 1 heterocycles. The van der Waals surface area contributed by atoms with E-state index in [0.717, 1.165) is 19.3 Å². The summed E-state index contributed by atoms with van der Waals surface area (Å²) in [6.45, 7) is 2.22. The van der Waals surface area contributed by atoms with Gasteiger partial charge in [-0.15, -0.1) is 0 Å². The van der Waals surface area contributed by atoms with E-state index < -0.39 is 33.6 Å². The monoisotopic (exact) mass is 491 g/mol. The molecule has 1 aliphatic heterocycles. The molecular formula is C24H30FN3O5S. The number of hydrogen-bond acceptors (Lipinski definition) is 5. The number of sulfonamides is 1. The lowest BCUT2D eigenvalue weighted by Gasteiger charge is -2.32. The zero-order valence-electron chi connectivity index (χ0n) is 19.3. The summed E-state index contributed by atoms with van der Waals surface area (Å²) in [5, 5.41) is 2.65. The predicted molar refractivity (Wildman–Crippen MR) is 125 cm³/mol. The van der Waals surface area contributed by atoms with Gasteiger partial charge >= 0.3 is 0 Å². The Bertz CT molecular complexity index is 1140. The van der Waals surface area contributed by atoms with E-state index in [4.69, 9.17) is 10.5 Å². The van der Waals surface area contributed by atoms with Crippen LogP contribution in [0.25, 0.3) is 0 Å². The van der Waals surface area contributed by atoms with Crippen LogP contribution < -0.4 is 15.8 Å². The average Bonchev–Trinajstić information content (AvgIpc) is 2.82. The van der Waals surface area contributed by atoms with Gasteiger partial charge in [0.15, 0.2) is 0 Å². The Balaban J connectivity index is 1.78. The van der Waals surface area contributed by atoms with Crippen molar-refractivity contribution in [1.82, 2.24) is 9.62 Å². The number of methoxy groups -OCH3 is 1. The minimum absolute atomic E-state index is 0.0528. The normalized spacial score (nSPS) is 17.7. The number of nitrogens with two attached hydrogens (primary N) is 1.